The number of hydrogen-bond acceptors (Lipinski definition) is 3. The molecule has 0 saturated heterocycles. The molecule has 0 heterocycles. The Balaban J connectivity index is 2.82. The van der Waals surface area contributed by atoms with Crippen LogP contribution in [0.25, 0.3) is 0 Å². The first-order valence-corrected chi connectivity index (χ1v) is 8.58. The van der Waals surface area contributed by atoms with Gasteiger partial charge in [-0.25, -0.2) is 4.79 Å². The second-order valence-corrected chi connectivity index (χ2v) is 6.93. The Bertz CT molecular complexity index is 584. The van der Waals surface area contributed by atoms with E-state index in [-0.39, 0.29) is 24.2 Å². The number of carbonyl (C=O) groups excluding carboxylic acids is 2. The molecule has 6 heteroatoms. The Morgan fingerprint density at radius 2 is 1.48 bits per heavy atom. The summed E-state index contributed by atoms with van der Waals surface area (Å²) in [5.74, 6) is -1.86. The predicted octanol–water partition coefficient (Wildman–Crippen LogP) is 1.99. The van der Waals surface area contributed by atoms with E-state index in [2.05, 4.69) is 10.6 Å². The van der Waals surface area contributed by atoms with Gasteiger partial charge in [0.25, 0.3) is 0 Å². The molecule has 0 aliphatic rings. The maximum absolute atomic E-state index is 12.6. The van der Waals surface area contributed by atoms with Crippen LogP contribution in [0, 0.1) is 11.8 Å². The number of rotatable bonds is 9. The van der Waals surface area contributed by atoms with Crippen LogP contribution in [0.2, 0.25) is 0 Å². The van der Waals surface area contributed by atoms with Crippen LogP contribution in [0.5, 0.6) is 0 Å². The van der Waals surface area contributed by atoms with Gasteiger partial charge in [0.15, 0.2) is 0 Å². The highest BCUT2D eigenvalue weighted by atomic mass is 16.4. The number of benzene rings is 1. The smallest absolute Gasteiger partial charge is 0.326 e. The summed E-state index contributed by atoms with van der Waals surface area (Å²) >= 11 is 0. The van der Waals surface area contributed by atoms with Crippen LogP contribution in [0.3, 0.4) is 0 Å². The van der Waals surface area contributed by atoms with Gasteiger partial charge in [0.05, 0.1) is 0 Å². The van der Waals surface area contributed by atoms with E-state index in [0.717, 1.165) is 5.56 Å². The van der Waals surface area contributed by atoms with E-state index in [1.54, 1.807) is 13.8 Å². The van der Waals surface area contributed by atoms with Crippen molar-refractivity contribution in [3.63, 3.8) is 0 Å². The maximum Gasteiger partial charge on any atom is 0.326 e. The summed E-state index contributed by atoms with van der Waals surface area (Å²) < 4.78 is 0. The van der Waals surface area contributed by atoms with Gasteiger partial charge in [-0.2, -0.15) is 0 Å². The normalized spacial score (nSPS) is 13.4. The molecule has 0 spiro atoms. The first kappa shape index (κ1) is 20.7. The zero-order valence-electron chi connectivity index (χ0n) is 15.3. The molecule has 0 unspecified atom stereocenters. The van der Waals surface area contributed by atoms with Crippen molar-refractivity contribution in [1.82, 2.24) is 10.6 Å². The molecule has 1 rings (SSSR count). The predicted molar refractivity (Wildman–Crippen MR) is 95.9 cm³/mol. The molecular weight excluding hydrogens is 320 g/mol. The molecule has 0 aliphatic heterocycles. The van der Waals surface area contributed by atoms with Crippen LogP contribution in [0.1, 0.15) is 39.7 Å². The number of carboxylic acids is 1. The molecule has 138 valence electrons. The number of carbonyl (C=O) groups is 3. The minimum atomic E-state index is -1.10. The van der Waals surface area contributed by atoms with Gasteiger partial charge in [-0.1, -0.05) is 58.0 Å². The van der Waals surface area contributed by atoms with Crippen molar-refractivity contribution in [2.75, 3.05) is 0 Å². The van der Waals surface area contributed by atoms with Crippen LogP contribution in [0.15, 0.2) is 30.3 Å². The molecule has 0 saturated carbocycles. The Kier molecular flexibility index (Phi) is 8.11. The van der Waals surface area contributed by atoms with E-state index in [9.17, 15) is 19.5 Å². The van der Waals surface area contributed by atoms with E-state index >= 15 is 0 Å². The third-order valence-corrected chi connectivity index (χ3v) is 3.76. The Morgan fingerprint density at radius 3 is 1.96 bits per heavy atom. The molecule has 2 amide bonds. The van der Waals surface area contributed by atoms with Gasteiger partial charge in [-0.15, -0.1) is 0 Å². The Hall–Kier alpha value is -2.37. The maximum atomic E-state index is 12.6. The summed E-state index contributed by atoms with van der Waals surface area (Å²) in [5.41, 5.74) is 0.821. The fourth-order valence-electron chi connectivity index (χ4n) is 2.36. The molecule has 2 atom stereocenters. The highest BCUT2D eigenvalue weighted by molar-refractivity contribution is 5.90. The first-order valence-electron chi connectivity index (χ1n) is 8.58. The van der Waals surface area contributed by atoms with E-state index in [0.29, 0.717) is 6.42 Å². The lowest BCUT2D eigenvalue weighted by molar-refractivity contribution is -0.142. The SMILES string of the molecule is CC(C)C[C@H](NC(=O)C(C)C)C(=O)N[C@@H](Cc1ccccc1)C(=O)O. The van der Waals surface area contributed by atoms with Crippen LogP contribution in [-0.2, 0) is 20.8 Å². The van der Waals surface area contributed by atoms with Crippen molar-refractivity contribution in [2.24, 2.45) is 11.8 Å². The van der Waals surface area contributed by atoms with E-state index in [1.165, 1.54) is 0 Å². The number of amides is 2. The number of aliphatic carboxylic acids is 1. The zero-order valence-corrected chi connectivity index (χ0v) is 15.3. The molecule has 0 aromatic heterocycles. The van der Waals surface area contributed by atoms with Crippen LogP contribution < -0.4 is 10.6 Å². The molecule has 0 bridgehead atoms. The molecule has 1 aromatic rings. The lowest BCUT2D eigenvalue weighted by Gasteiger charge is -2.23. The van der Waals surface area contributed by atoms with Crippen LogP contribution >= 0.6 is 0 Å². The van der Waals surface area contributed by atoms with Crippen molar-refractivity contribution in [1.29, 1.82) is 0 Å². The minimum Gasteiger partial charge on any atom is -0.480 e. The molecule has 1 aromatic carbocycles. The van der Waals surface area contributed by atoms with Gasteiger partial charge in [-0.05, 0) is 17.9 Å². The summed E-state index contributed by atoms with van der Waals surface area (Å²) in [5, 5.41) is 14.7. The summed E-state index contributed by atoms with van der Waals surface area (Å²) in [7, 11) is 0. The largest absolute Gasteiger partial charge is 0.480 e. The molecule has 0 fully saturated rings. The summed E-state index contributed by atoms with van der Waals surface area (Å²) in [6.07, 6.45) is 0.635. The van der Waals surface area contributed by atoms with E-state index in [4.69, 9.17) is 0 Å². The summed E-state index contributed by atoms with van der Waals surface area (Å²) in [6, 6.07) is 7.33. The second-order valence-electron chi connectivity index (χ2n) is 6.93. The fraction of sp³-hybridized carbons (Fsp3) is 0.526. The fourth-order valence-corrected chi connectivity index (χ4v) is 2.36. The van der Waals surface area contributed by atoms with Crippen molar-refractivity contribution in [3.8, 4) is 0 Å². The molecule has 25 heavy (non-hydrogen) atoms. The summed E-state index contributed by atoms with van der Waals surface area (Å²) in [4.78, 5) is 36.0. The van der Waals surface area contributed by atoms with Crippen molar-refractivity contribution < 1.29 is 19.5 Å². The minimum absolute atomic E-state index is 0.181. The Labute approximate surface area is 149 Å². The lowest BCUT2D eigenvalue weighted by atomic mass is 10.0. The number of nitrogens with one attached hydrogen (secondary N) is 2. The number of carboxylic acid groups (broad SMARTS) is 1. The van der Waals surface area contributed by atoms with Crippen molar-refractivity contribution in [3.05, 3.63) is 35.9 Å². The molecular formula is C19H28N2O4. The van der Waals surface area contributed by atoms with E-state index in [1.807, 2.05) is 44.2 Å². The Morgan fingerprint density at radius 1 is 0.920 bits per heavy atom. The quantitative estimate of drug-likeness (QED) is 0.636. The van der Waals surface area contributed by atoms with Crippen molar-refractivity contribution >= 4 is 17.8 Å². The highest BCUT2D eigenvalue weighted by Crippen LogP contribution is 2.08. The lowest BCUT2D eigenvalue weighted by Crippen LogP contribution is -2.53. The summed E-state index contributed by atoms with van der Waals surface area (Å²) in [6.45, 7) is 7.38. The van der Waals surface area contributed by atoms with Crippen molar-refractivity contribution in [2.45, 2.75) is 52.6 Å². The van der Waals surface area contributed by atoms with Gasteiger partial charge < -0.3 is 15.7 Å². The van der Waals surface area contributed by atoms with E-state index < -0.39 is 24.0 Å². The third-order valence-electron chi connectivity index (χ3n) is 3.76. The molecule has 0 aliphatic carbocycles. The van der Waals surface area contributed by atoms with Gasteiger partial charge >= 0.3 is 5.97 Å². The molecule has 6 nitrogen and oxygen atoms in total. The zero-order chi connectivity index (χ0) is 19.0. The van der Waals surface area contributed by atoms with Gasteiger partial charge in [-0.3, -0.25) is 9.59 Å². The average Bonchev–Trinajstić information content (AvgIpc) is 2.53. The average molecular weight is 348 g/mol. The number of hydrogen-bond donors (Lipinski definition) is 3. The highest BCUT2D eigenvalue weighted by Gasteiger charge is 2.27. The topological polar surface area (TPSA) is 95.5 Å². The third kappa shape index (κ3) is 7.37. The van der Waals surface area contributed by atoms with Gasteiger partial charge in [0.1, 0.15) is 12.1 Å². The molecule has 3 N–H and O–H groups in total. The first-order chi connectivity index (χ1) is 11.7. The molecule has 0 radical (unpaired) electrons. The standard InChI is InChI=1S/C19H28N2O4/c1-12(2)10-15(20-17(22)13(3)4)18(23)21-16(19(24)25)11-14-8-6-5-7-9-14/h5-9,12-13,15-16H,10-11H2,1-4H3,(H,20,22)(H,21,23)(H,24,25)/t15-,16-/m0/s1. The monoisotopic (exact) mass is 348 g/mol. The van der Waals surface area contributed by atoms with Crippen LogP contribution in [0.4, 0.5) is 0 Å². The van der Waals surface area contributed by atoms with Crippen LogP contribution in [-0.4, -0.2) is 35.0 Å². The van der Waals surface area contributed by atoms with Gasteiger partial charge in [0, 0.05) is 12.3 Å². The second kappa shape index (κ2) is 9.81. The van der Waals surface area contributed by atoms with Gasteiger partial charge in [0.2, 0.25) is 11.8 Å².